The lowest BCUT2D eigenvalue weighted by molar-refractivity contribution is 0.0835. The molecule has 28 heavy (non-hydrogen) atoms. The Morgan fingerprint density at radius 1 is 1.14 bits per heavy atom. The van der Waals surface area contributed by atoms with E-state index in [1.807, 2.05) is 10.8 Å². The van der Waals surface area contributed by atoms with Crippen LogP contribution in [-0.2, 0) is 11.3 Å². The number of benzene rings is 1. The molecule has 142 valence electrons. The summed E-state index contributed by atoms with van der Waals surface area (Å²) in [5, 5.41) is 4.04. The Kier molecular flexibility index (Phi) is 4.25. The molecule has 8 heteroatoms. The van der Waals surface area contributed by atoms with Crippen LogP contribution in [0.2, 0.25) is 0 Å². The Morgan fingerprint density at radius 2 is 2.04 bits per heavy atom. The van der Waals surface area contributed by atoms with E-state index in [1.165, 1.54) is 6.07 Å². The van der Waals surface area contributed by atoms with Crippen LogP contribution in [0.15, 0.2) is 57.7 Å². The maximum atomic E-state index is 14.0. The highest BCUT2D eigenvalue weighted by Crippen LogP contribution is 2.30. The maximum absolute atomic E-state index is 14.0. The molecule has 1 atom stereocenters. The predicted octanol–water partition coefficient (Wildman–Crippen LogP) is 4.23. The molecule has 0 bridgehead atoms. The van der Waals surface area contributed by atoms with E-state index in [9.17, 15) is 4.39 Å². The van der Waals surface area contributed by atoms with Crippen LogP contribution >= 0.6 is 0 Å². The minimum atomic E-state index is -0.333. The third-order valence-electron chi connectivity index (χ3n) is 4.68. The lowest BCUT2D eigenvalue weighted by Crippen LogP contribution is -2.03. The summed E-state index contributed by atoms with van der Waals surface area (Å²) in [4.78, 5) is 8.80. The first-order valence-corrected chi connectivity index (χ1v) is 9.08. The van der Waals surface area contributed by atoms with Gasteiger partial charge in [0.05, 0.1) is 12.1 Å². The van der Waals surface area contributed by atoms with Crippen LogP contribution in [0.4, 0.5) is 4.39 Å². The van der Waals surface area contributed by atoms with Gasteiger partial charge in [-0.05, 0) is 37.1 Å². The lowest BCUT2D eigenvalue weighted by atomic mass is 10.1. The van der Waals surface area contributed by atoms with Crippen molar-refractivity contribution in [1.82, 2.24) is 19.7 Å². The molecule has 0 aliphatic carbocycles. The summed E-state index contributed by atoms with van der Waals surface area (Å²) < 4.78 is 32.6. The summed E-state index contributed by atoms with van der Waals surface area (Å²) in [6.07, 6.45) is 5.25. The summed E-state index contributed by atoms with van der Waals surface area (Å²) in [5.41, 5.74) is 0.409. The average Bonchev–Trinajstić information content (AvgIpc) is 3.49. The van der Waals surface area contributed by atoms with Crippen molar-refractivity contribution in [2.24, 2.45) is 0 Å². The molecule has 0 radical (unpaired) electrons. The number of furan rings is 1. The van der Waals surface area contributed by atoms with Gasteiger partial charge in [0.2, 0.25) is 0 Å². The van der Waals surface area contributed by atoms with Gasteiger partial charge in [0.25, 0.3) is 5.89 Å². The fourth-order valence-electron chi connectivity index (χ4n) is 3.31. The van der Waals surface area contributed by atoms with Gasteiger partial charge in [-0.2, -0.15) is 4.98 Å². The lowest BCUT2D eigenvalue weighted by Gasteiger charge is -2.03. The van der Waals surface area contributed by atoms with Gasteiger partial charge in [-0.1, -0.05) is 17.3 Å². The number of nitrogens with zero attached hydrogens (tertiary/aromatic N) is 4. The van der Waals surface area contributed by atoms with E-state index in [4.69, 9.17) is 13.7 Å². The monoisotopic (exact) mass is 380 g/mol. The number of hydrogen-bond donors (Lipinski definition) is 0. The van der Waals surface area contributed by atoms with Gasteiger partial charge in [0, 0.05) is 19.0 Å². The quantitative estimate of drug-likeness (QED) is 0.515. The van der Waals surface area contributed by atoms with Gasteiger partial charge < -0.3 is 18.2 Å². The van der Waals surface area contributed by atoms with Crippen molar-refractivity contribution in [3.63, 3.8) is 0 Å². The Balaban J connectivity index is 1.39. The summed E-state index contributed by atoms with van der Waals surface area (Å²) in [5.74, 6) is 2.29. The largest absolute Gasteiger partial charge is 0.453 e. The van der Waals surface area contributed by atoms with Crippen molar-refractivity contribution in [2.75, 3.05) is 6.61 Å². The van der Waals surface area contributed by atoms with Gasteiger partial charge in [0.15, 0.2) is 17.4 Å². The van der Waals surface area contributed by atoms with E-state index in [2.05, 4.69) is 15.1 Å². The number of aromatic nitrogens is 4. The van der Waals surface area contributed by atoms with Gasteiger partial charge in [-0.25, -0.2) is 9.37 Å². The maximum Gasteiger partial charge on any atom is 0.255 e. The van der Waals surface area contributed by atoms with E-state index in [0.29, 0.717) is 41.2 Å². The summed E-state index contributed by atoms with van der Waals surface area (Å²) in [6.45, 7) is 1.10. The second kappa shape index (κ2) is 7.05. The average molecular weight is 380 g/mol. The molecule has 0 spiro atoms. The number of imidazole rings is 1. The molecule has 1 aromatic carbocycles. The van der Waals surface area contributed by atoms with Crippen LogP contribution in [0.25, 0.3) is 22.9 Å². The molecule has 0 N–H and O–H groups in total. The molecule has 5 rings (SSSR count). The molecule has 7 nitrogen and oxygen atoms in total. The second-order valence-electron chi connectivity index (χ2n) is 6.57. The van der Waals surface area contributed by atoms with Crippen molar-refractivity contribution in [3.8, 4) is 22.9 Å². The number of hydrogen-bond acceptors (Lipinski definition) is 6. The SMILES string of the molecule is Fc1ccccc1-c1ccc(-c2nccn2Cc2noc([C@@H]3CCCO3)n2)o1. The van der Waals surface area contributed by atoms with Crippen molar-refractivity contribution < 1.29 is 18.1 Å². The van der Waals surface area contributed by atoms with Crippen molar-refractivity contribution in [3.05, 3.63) is 66.3 Å². The molecule has 0 unspecified atom stereocenters. The Morgan fingerprint density at radius 3 is 2.89 bits per heavy atom. The zero-order valence-corrected chi connectivity index (χ0v) is 14.9. The van der Waals surface area contributed by atoms with Crippen LogP contribution in [-0.4, -0.2) is 26.3 Å². The van der Waals surface area contributed by atoms with Crippen molar-refractivity contribution in [2.45, 2.75) is 25.5 Å². The molecule has 1 saturated heterocycles. The van der Waals surface area contributed by atoms with Crippen molar-refractivity contribution in [1.29, 1.82) is 0 Å². The molecule has 0 saturated carbocycles. The van der Waals surface area contributed by atoms with E-state index in [0.717, 1.165) is 19.4 Å². The van der Waals surface area contributed by atoms with Gasteiger partial charge in [0.1, 0.15) is 17.7 Å². The van der Waals surface area contributed by atoms with Crippen molar-refractivity contribution >= 4 is 0 Å². The smallest absolute Gasteiger partial charge is 0.255 e. The molecule has 4 aromatic rings. The van der Waals surface area contributed by atoms with Crippen LogP contribution in [0.5, 0.6) is 0 Å². The Bertz CT molecular complexity index is 1090. The first-order chi connectivity index (χ1) is 13.8. The van der Waals surface area contributed by atoms with Gasteiger partial charge in [-0.15, -0.1) is 0 Å². The summed E-state index contributed by atoms with van der Waals surface area (Å²) >= 11 is 0. The molecule has 1 fully saturated rings. The highest BCUT2D eigenvalue weighted by Gasteiger charge is 2.24. The van der Waals surface area contributed by atoms with Crippen LogP contribution in [0.3, 0.4) is 0 Å². The topological polar surface area (TPSA) is 79.1 Å². The zero-order valence-electron chi connectivity index (χ0n) is 14.9. The molecular weight excluding hydrogens is 363 g/mol. The first-order valence-electron chi connectivity index (χ1n) is 9.08. The van der Waals surface area contributed by atoms with E-state index in [-0.39, 0.29) is 11.9 Å². The first kappa shape index (κ1) is 16.9. The fraction of sp³-hybridized carbons (Fsp3) is 0.250. The highest BCUT2D eigenvalue weighted by molar-refractivity contribution is 5.62. The number of ether oxygens (including phenoxy) is 1. The minimum absolute atomic E-state index is 0.114. The van der Waals surface area contributed by atoms with Crippen LogP contribution in [0.1, 0.15) is 30.7 Å². The second-order valence-corrected chi connectivity index (χ2v) is 6.57. The zero-order chi connectivity index (χ0) is 18.9. The van der Waals surface area contributed by atoms with E-state index < -0.39 is 0 Å². The summed E-state index contributed by atoms with van der Waals surface area (Å²) in [6, 6.07) is 10.00. The Hall–Kier alpha value is -3.26. The third kappa shape index (κ3) is 3.11. The molecule has 1 aliphatic heterocycles. The van der Waals surface area contributed by atoms with Crippen LogP contribution < -0.4 is 0 Å². The normalized spacial score (nSPS) is 16.7. The summed E-state index contributed by atoms with van der Waals surface area (Å²) in [7, 11) is 0. The van der Waals surface area contributed by atoms with Crippen LogP contribution in [0, 0.1) is 5.82 Å². The Labute approximate surface area is 159 Å². The third-order valence-corrected chi connectivity index (χ3v) is 4.68. The molecular formula is C20H17FN4O3. The fourth-order valence-corrected chi connectivity index (χ4v) is 3.31. The molecule has 3 aromatic heterocycles. The molecule has 4 heterocycles. The molecule has 0 amide bonds. The standard InChI is InChI=1S/C20H17FN4O3/c21-14-5-2-1-4-13(14)15-7-8-16(27-15)19-22-9-10-25(19)12-18-23-20(28-24-18)17-6-3-11-26-17/h1-2,4-5,7-10,17H,3,6,11-12H2/t17-/m0/s1. The van der Waals surface area contributed by atoms with Gasteiger partial charge >= 0.3 is 0 Å². The predicted molar refractivity (Wildman–Crippen MR) is 96.7 cm³/mol. The number of rotatable bonds is 5. The van der Waals surface area contributed by atoms with Gasteiger partial charge in [-0.3, -0.25) is 0 Å². The van der Waals surface area contributed by atoms with E-state index in [1.54, 1.807) is 36.5 Å². The minimum Gasteiger partial charge on any atom is -0.453 e. The highest BCUT2D eigenvalue weighted by atomic mass is 19.1. The molecule has 1 aliphatic rings. The van der Waals surface area contributed by atoms with E-state index >= 15 is 0 Å². The number of halogens is 1.